The zero-order valence-electron chi connectivity index (χ0n) is 11.8. The predicted octanol–water partition coefficient (Wildman–Crippen LogP) is 4.46. The van der Waals surface area contributed by atoms with Gasteiger partial charge in [-0.25, -0.2) is 4.39 Å². The van der Waals surface area contributed by atoms with Gasteiger partial charge in [0.2, 0.25) is 0 Å². The van der Waals surface area contributed by atoms with Crippen LogP contribution in [0.2, 0.25) is 0 Å². The molecule has 0 radical (unpaired) electrons. The van der Waals surface area contributed by atoms with Gasteiger partial charge in [0.05, 0.1) is 17.6 Å². The molecule has 1 aromatic carbocycles. The Morgan fingerprint density at radius 3 is 2.86 bits per heavy atom. The van der Waals surface area contributed by atoms with Crippen molar-refractivity contribution in [3.8, 4) is 5.75 Å². The molecule has 0 N–H and O–H groups in total. The van der Waals surface area contributed by atoms with Crippen LogP contribution in [0.4, 0.5) is 4.39 Å². The summed E-state index contributed by atoms with van der Waals surface area (Å²) in [5.41, 5.74) is 1.54. The highest BCUT2D eigenvalue weighted by molar-refractivity contribution is 6.17. The summed E-state index contributed by atoms with van der Waals surface area (Å²) >= 11 is 5.81. The number of hydrogen-bond donors (Lipinski definition) is 0. The Morgan fingerprint density at radius 2 is 2.10 bits per heavy atom. The number of alkyl halides is 1. The van der Waals surface area contributed by atoms with Crippen molar-refractivity contribution in [2.75, 3.05) is 0 Å². The summed E-state index contributed by atoms with van der Waals surface area (Å²) < 4.78 is 20.9. The molecule has 1 heterocycles. The van der Waals surface area contributed by atoms with Gasteiger partial charge in [0.15, 0.2) is 0 Å². The van der Waals surface area contributed by atoms with Gasteiger partial charge in [-0.1, -0.05) is 12.8 Å². The summed E-state index contributed by atoms with van der Waals surface area (Å²) in [4.78, 5) is 0. The maximum atomic E-state index is 13.1. The minimum absolute atomic E-state index is 0.226. The smallest absolute Gasteiger partial charge is 0.132 e. The molecule has 3 rings (SSSR count). The first kappa shape index (κ1) is 14.4. The van der Waals surface area contributed by atoms with E-state index < -0.39 is 0 Å². The number of hydrogen-bond acceptors (Lipinski definition) is 2. The van der Waals surface area contributed by atoms with Crippen LogP contribution in [0.1, 0.15) is 43.0 Å². The van der Waals surface area contributed by atoms with E-state index in [0.29, 0.717) is 24.0 Å². The largest absolute Gasteiger partial charge is 0.487 e. The van der Waals surface area contributed by atoms with E-state index in [9.17, 15) is 4.39 Å². The van der Waals surface area contributed by atoms with E-state index in [4.69, 9.17) is 16.3 Å². The van der Waals surface area contributed by atoms with Gasteiger partial charge in [0.25, 0.3) is 0 Å². The predicted molar refractivity (Wildman–Crippen MR) is 80.0 cm³/mol. The average Bonchev–Trinajstić information content (AvgIpc) is 3.16. The first-order valence-corrected chi connectivity index (χ1v) is 7.81. The van der Waals surface area contributed by atoms with Crippen molar-refractivity contribution >= 4 is 11.6 Å². The van der Waals surface area contributed by atoms with Crippen molar-refractivity contribution < 1.29 is 9.13 Å². The lowest BCUT2D eigenvalue weighted by Crippen LogP contribution is -2.06. The second kappa shape index (κ2) is 6.48. The van der Waals surface area contributed by atoms with Crippen LogP contribution < -0.4 is 4.74 Å². The first-order valence-electron chi connectivity index (χ1n) is 7.27. The number of rotatable bonds is 5. The monoisotopic (exact) mass is 308 g/mol. The van der Waals surface area contributed by atoms with Crippen LogP contribution in [0.25, 0.3) is 0 Å². The molecule has 21 heavy (non-hydrogen) atoms. The fraction of sp³-hybridized carbons (Fsp3) is 0.438. The van der Waals surface area contributed by atoms with E-state index in [1.165, 1.54) is 37.8 Å². The molecule has 0 spiro atoms. The highest BCUT2D eigenvalue weighted by Crippen LogP contribution is 2.29. The summed E-state index contributed by atoms with van der Waals surface area (Å²) in [6.45, 7) is 0.370. The van der Waals surface area contributed by atoms with Crippen molar-refractivity contribution in [2.24, 2.45) is 0 Å². The Labute approximate surface area is 128 Å². The number of ether oxygens (including phenoxy) is 1. The lowest BCUT2D eigenvalue weighted by Gasteiger charge is -2.10. The van der Waals surface area contributed by atoms with Crippen molar-refractivity contribution in [3.63, 3.8) is 0 Å². The van der Waals surface area contributed by atoms with Crippen LogP contribution in [0.15, 0.2) is 30.5 Å². The molecule has 0 aliphatic heterocycles. The molecule has 5 heteroatoms. The van der Waals surface area contributed by atoms with Gasteiger partial charge in [0, 0.05) is 11.8 Å². The van der Waals surface area contributed by atoms with E-state index in [0.717, 1.165) is 5.69 Å². The summed E-state index contributed by atoms with van der Waals surface area (Å²) in [6, 6.07) is 6.90. The molecule has 1 aromatic heterocycles. The van der Waals surface area contributed by atoms with Gasteiger partial charge < -0.3 is 4.74 Å². The van der Waals surface area contributed by atoms with Crippen molar-refractivity contribution in [3.05, 3.63) is 47.5 Å². The molecule has 0 saturated heterocycles. The molecule has 1 saturated carbocycles. The van der Waals surface area contributed by atoms with Gasteiger partial charge in [-0.05, 0) is 37.1 Å². The highest BCUT2D eigenvalue weighted by atomic mass is 35.5. The zero-order valence-corrected chi connectivity index (χ0v) is 12.5. The topological polar surface area (TPSA) is 27.1 Å². The SMILES string of the molecule is Fc1ccc(OCc2ccn(C3CCCC3)n2)c(CCl)c1. The van der Waals surface area contributed by atoms with E-state index in [-0.39, 0.29) is 11.7 Å². The molecular weight excluding hydrogens is 291 g/mol. The number of aromatic nitrogens is 2. The molecule has 0 amide bonds. The molecule has 1 aliphatic rings. The van der Waals surface area contributed by atoms with E-state index in [2.05, 4.69) is 5.10 Å². The van der Waals surface area contributed by atoms with Crippen LogP contribution in [-0.2, 0) is 12.5 Å². The second-order valence-corrected chi connectivity index (χ2v) is 5.67. The fourth-order valence-electron chi connectivity index (χ4n) is 2.77. The minimum Gasteiger partial charge on any atom is -0.487 e. The molecule has 2 aromatic rings. The lowest BCUT2D eigenvalue weighted by atomic mass is 10.2. The highest BCUT2D eigenvalue weighted by Gasteiger charge is 2.17. The number of benzene rings is 1. The number of halogens is 2. The average molecular weight is 309 g/mol. The Morgan fingerprint density at radius 1 is 1.29 bits per heavy atom. The van der Waals surface area contributed by atoms with E-state index in [1.807, 2.05) is 16.9 Å². The van der Waals surface area contributed by atoms with Crippen molar-refractivity contribution in [2.45, 2.75) is 44.2 Å². The van der Waals surface area contributed by atoms with Gasteiger partial charge in [0.1, 0.15) is 18.2 Å². The maximum Gasteiger partial charge on any atom is 0.132 e. The normalized spacial score (nSPS) is 15.5. The van der Waals surface area contributed by atoms with Gasteiger partial charge >= 0.3 is 0 Å². The van der Waals surface area contributed by atoms with Crippen LogP contribution in [0.3, 0.4) is 0 Å². The molecule has 112 valence electrons. The number of nitrogens with zero attached hydrogens (tertiary/aromatic N) is 2. The molecule has 0 atom stereocenters. The fourth-order valence-corrected chi connectivity index (χ4v) is 2.98. The quantitative estimate of drug-likeness (QED) is 0.763. The third kappa shape index (κ3) is 3.38. The summed E-state index contributed by atoms with van der Waals surface area (Å²) in [5.74, 6) is 0.536. The summed E-state index contributed by atoms with van der Waals surface area (Å²) in [7, 11) is 0. The molecule has 0 bridgehead atoms. The molecule has 1 aliphatic carbocycles. The Hall–Kier alpha value is -1.55. The summed E-state index contributed by atoms with van der Waals surface area (Å²) in [5, 5.41) is 4.56. The van der Waals surface area contributed by atoms with Crippen molar-refractivity contribution in [1.82, 2.24) is 9.78 Å². The van der Waals surface area contributed by atoms with Crippen LogP contribution >= 0.6 is 11.6 Å². The Kier molecular flexibility index (Phi) is 4.44. The van der Waals surface area contributed by atoms with Gasteiger partial charge in [-0.3, -0.25) is 4.68 Å². The first-order chi connectivity index (χ1) is 10.3. The van der Waals surface area contributed by atoms with Crippen molar-refractivity contribution in [1.29, 1.82) is 0 Å². The van der Waals surface area contributed by atoms with Crippen LogP contribution in [-0.4, -0.2) is 9.78 Å². The van der Waals surface area contributed by atoms with E-state index >= 15 is 0 Å². The Balaban J connectivity index is 1.65. The molecule has 3 nitrogen and oxygen atoms in total. The van der Waals surface area contributed by atoms with Crippen LogP contribution in [0, 0.1) is 5.82 Å². The lowest BCUT2D eigenvalue weighted by molar-refractivity contribution is 0.295. The van der Waals surface area contributed by atoms with Crippen LogP contribution in [0.5, 0.6) is 5.75 Å². The van der Waals surface area contributed by atoms with Gasteiger partial charge in [-0.15, -0.1) is 11.6 Å². The Bertz CT molecular complexity index is 608. The summed E-state index contributed by atoms with van der Waals surface area (Å²) in [6.07, 6.45) is 6.99. The minimum atomic E-state index is -0.302. The third-order valence-corrected chi connectivity index (χ3v) is 4.19. The van der Waals surface area contributed by atoms with Gasteiger partial charge in [-0.2, -0.15) is 5.10 Å². The molecule has 1 fully saturated rings. The third-order valence-electron chi connectivity index (χ3n) is 3.90. The van der Waals surface area contributed by atoms with E-state index in [1.54, 1.807) is 6.07 Å². The maximum absolute atomic E-state index is 13.1. The molecule has 0 unspecified atom stereocenters. The standard InChI is InChI=1S/C16H18ClFN2O/c17-10-12-9-13(18)5-6-16(12)21-11-14-7-8-20(19-14)15-3-1-2-4-15/h5-9,15H,1-4,10-11H2. The second-order valence-electron chi connectivity index (χ2n) is 5.40. The molecular formula is C16H18ClFN2O. The zero-order chi connectivity index (χ0) is 14.7.